The zero-order valence-corrected chi connectivity index (χ0v) is 11.7. The van der Waals surface area contributed by atoms with Gasteiger partial charge in [0.2, 0.25) is 0 Å². The maximum atomic E-state index is 12.0. The first kappa shape index (κ1) is 13.1. The molecule has 2 unspecified atom stereocenters. The fourth-order valence-corrected chi connectivity index (χ4v) is 5.46. The molecule has 0 spiro atoms. The summed E-state index contributed by atoms with van der Waals surface area (Å²) in [6.45, 7) is 2.10. The van der Waals surface area contributed by atoms with Gasteiger partial charge in [-0.2, -0.15) is 0 Å². The van der Waals surface area contributed by atoms with Crippen LogP contribution in [0.3, 0.4) is 0 Å². The maximum absolute atomic E-state index is 12.0. The number of nitrogens with two attached hydrogens (primary N) is 1. The highest BCUT2D eigenvalue weighted by Crippen LogP contribution is 2.32. The Bertz CT molecular complexity index is 478. The highest BCUT2D eigenvalue weighted by atomic mass is 32.2. The van der Waals surface area contributed by atoms with Crippen LogP contribution in [0.2, 0.25) is 0 Å². The molecule has 17 heavy (non-hydrogen) atoms. The molecule has 1 aromatic rings. The monoisotopic (exact) mass is 273 g/mol. The third-order valence-electron chi connectivity index (χ3n) is 3.39. The largest absolute Gasteiger partial charge is 0.322 e. The van der Waals surface area contributed by atoms with E-state index in [0.717, 1.165) is 24.1 Å². The Hall–Kier alpha value is -0.390. The van der Waals surface area contributed by atoms with Gasteiger partial charge >= 0.3 is 0 Å². The predicted octanol–water partition coefficient (Wildman–Crippen LogP) is 2.28. The maximum Gasteiger partial charge on any atom is 0.155 e. The summed E-state index contributed by atoms with van der Waals surface area (Å²) in [5.41, 5.74) is 6.14. The molecule has 0 radical (unpaired) electrons. The Morgan fingerprint density at radius 2 is 2.24 bits per heavy atom. The number of rotatable bonds is 3. The Labute approximate surface area is 107 Å². The van der Waals surface area contributed by atoms with E-state index in [2.05, 4.69) is 13.0 Å². The molecule has 0 amide bonds. The second-order valence-electron chi connectivity index (χ2n) is 4.58. The van der Waals surface area contributed by atoms with E-state index in [-0.39, 0.29) is 11.3 Å². The van der Waals surface area contributed by atoms with Gasteiger partial charge in [0.1, 0.15) is 0 Å². The molecule has 0 aromatic carbocycles. The van der Waals surface area contributed by atoms with Crippen LogP contribution in [0.1, 0.15) is 42.0 Å². The van der Waals surface area contributed by atoms with E-state index in [1.165, 1.54) is 4.88 Å². The molecule has 0 bridgehead atoms. The molecule has 2 N–H and O–H groups in total. The van der Waals surface area contributed by atoms with Crippen molar-refractivity contribution in [1.82, 2.24) is 0 Å². The fraction of sp³-hybridized carbons (Fsp3) is 0.667. The van der Waals surface area contributed by atoms with Crippen LogP contribution in [0.15, 0.2) is 12.1 Å². The van der Waals surface area contributed by atoms with Crippen molar-refractivity contribution in [2.75, 3.05) is 5.75 Å². The summed E-state index contributed by atoms with van der Waals surface area (Å²) in [7, 11) is -2.99. The molecule has 0 saturated carbocycles. The van der Waals surface area contributed by atoms with Gasteiger partial charge in [0, 0.05) is 9.75 Å². The first-order valence-electron chi connectivity index (χ1n) is 6.10. The molecule has 1 fully saturated rings. The molecular weight excluding hydrogens is 254 g/mol. The summed E-state index contributed by atoms with van der Waals surface area (Å²) >= 11 is 1.65. The molecule has 96 valence electrons. The van der Waals surface area contributed by atoms with Crippen LogP contribution in [0.5, 0.6) is 0 Å². The first-order valence-corrected chi connectivity index (χ1v) is 8.63. The van der Waals surface area contributed by atoms with Gasteiger partial charge in [-0.1, -0.05) is 13.3 Å². The lowest BCUT2D eigenvalue weighted by Crippen LogP contribution is -2.37. The van der Waals surface area contributed by atoms with Gasteiger partial charge < -0.3 is 5.73 Å². The summed E-state index contributed by atoms with van der Waals surface area (Å²) in [5.74, 6) is 0.303. The van der Waals surface area contributed by atoms with Gasteiger partial charge in [0.05, 0.1) is 17.0 Å². The second kappa shape index (κ2) is 5.08. The topological polar surface area (TPSA) is 60.2 Å². The molecule has 3 nitrogen and oxygen atoms in total. The Balaban J connectivity index is 2.21. The third-order valence-corrected chi connectivity index (χ3v) is 7.03. The van der Waals surface area contributed by atoms with Crippen molar-refractivity contribution in [3.8, 4) is 0 Å². The van der Waals surface area contributed by atoms with Crippen LogP contribution in [0, 0.1) is 0 Å². The van der Waals surface area contributed by atoms with Crippen molar-refractivity contribution in [3.05, 3.63) is 21.9 Å². The van der Waals surface area contributed by atoms with Crippen LogP contribution in [-0.2, 0) is 16.3 Å². The van der Waals surface area contributed by atoms with Gasteiger partial charge in [-0.3, -0.25) is 0 Å². The van der Waals surface area contributed by atoms with Crippen LogP contribution in [0.25, 0.3) is 0 Å². The van der Waals surface area contributed by atoms with Gasteiger partial charge in [-0.15, -0.1) is 11.3 Å². The lowest BCUT2D eigenvalue weighted by atomic mass is 10.1. The lowest BCUT2D eigenvalue weighted by molar-refractivity contribution is 0.507. The molecule has 0 aliphatic carbocycles. The summed E-state index contributed by atoms with van der Waals surface area (Å²) < 4.78 is 24.0. The zero-order chi connectivity index (χ0) is 12.5. The van der Waals surface area contributed by atoms with Gasteiger partial charge in [0.25, 0.3) is 0 Å². The molecule has 2 rings (SSSR count). The Kier molecular flexibility index (Phi) is 3.90. The average molecular weight is 273 g/mol. The highest BCUT2D eigenvalue weighted by Gasteiger charge is 2.34. The Morgan fingerprint density at radius 1 is 1.47 bits per heavy atom. The quantitative estimate of drug-likeness (QED) is 0.919. The van der Waals surface area contributed by atoms with Crippen LogP contribution < -0.4 is 5.73 Å². The normalized spacial score (nSPS) is 25.6. The van der Waals surface area contributed by atoms with Crippen molar-refractivity contribution < 1.29 is 8.42 Å². The van der Waals surface area contributed by atoms with Gasteiger partial charge in [-0.05, 0) is 31.4 Å². The average Bonchev–Trinajstić information content (AvgIpc) is 2.76. The van der Waals surface area contributed by atoms with E-state index >= 15 is 0 Å². The van der Waals surface area contributed by atoms with Gasteiger partial charge in [0.15, 0.2) is 9.84 Å². The van der Waals surface area contributed by atoms with Crippen LogP contribution in [0.4, 0.5) is 0 Å². The van der Waals surface area contributed by atoms with E-state index in [0.29, 0.717) is 12.2 Å². The summed E-state index contributed by atoms with van der Waals surface area (Å²) in [6, 6.07) is 3.69. The van der Waals surface area contributed by atoms with E-state index in [9.17, 15) is 8.42 Å². The first-order chi connectivity index (χ1) is 8.04. The molecule has 1 saturated heterocycles. The molecule has 5 heteroatoms. The van der Waals surface area contributed by atoms with E-state index in [1.807, 2.05) is 6.07 Å². The number of hydrogen-bond acceptors (Lipinski definition) is 4. The standard InChI is InChI=1S/C12H19NO2S2/c1-2-9-6-7-10(16-9)12(13)11-5-3-4-8-17(11,14)15/h6-7,11-12H,2-5,8,13H2,1H3. The third kappa shape index (κ3) is 2.72. The molecular formula is C12H19NO2S2. The minimum absolute atomic E-state index is 0.303. The molecule has 1 aliphatic rings. The number of hydrogen-bond donors (Lipinski definition) is 1. The molecule has 2 heterocycles. The molecule has 2 atom stereocenters. The van der Waals surface area contributed by atoms with Crippen LogP contribution >= 0.6 is 11.3 Å². The van der Waals surface area contributed by atoms with E-state index in [1.54, 1.807) is 11.3 Å². The molecule has 1 aromatic heterocycles. The summed E-state index contributed by atoms with van der Waals surface area (Å²) in [4.78, 5) is 2.28. The number of sulfone groups is 1. The van der Waals surface area contributed by atoms with Crippen molar-refractivity contribution in [2.24, 2.45) is 5.73 Å². The second-order valence-corrected chi connectivity index (χ2v) is 8.12. The number of aryl methyl sites for hydroxylation is 1. The van der Waals surface area contributed by atoms with E-state index < -0.39 is 9.84 Å². The fourth-order valence-electron chi connectivity index (χ4n) is 2.33. The van der Waals surface area contributed by atoms with Crippen molar-refractivity contribution in [3.63, 3.8) is 0 Å². The number of thiophene rings is 1. The SMILES string of the molecule is CCc1ccc(C(N)C2CCCCS2(=O)=O)s1. The van der Waals surface area contributed by atoms with Crippen molar-refractivity contribution >= 4 is 21.2 Å². The van der Waals surface area contributed by atoms with Gasteiger partial charge in [-0.25, -0.2) is 8.42 Å². The smallest absolute Gasteiger partial charge is 0.155 e. The lowest BCUT2D eigenvalue weighted by Gasteiger charge is -2.26. The summed E-state index contributed by atoms with van der Waals surface area (Å²) in [6.07, 6.45) is 3.46. The molecule has 1 aliphatic heterocycles. The minimum Gasteiger partial charge on any atom is -0.322 e. The van der Waals surface area contributed by atoms with Crippen molar-refractivity contribution in [1.29, 1.82) is 0 Å². The van der Waals surface area contributed by atoms with Crippen LogP contribution in [-0.4, -0.2) is 19.4 Å². The van der Waals surface area contributed by atoms with E-state index in [4.69, 9.17) is 5.73 Å². The van der Waals surface area contributed by atoms with Crippen molar-refractivity contribution in [2.45, 2.75) is 43.9 Å². The minimum atomic E-state index is -2.99. The Morgan fingerprint density at radius 3 is 2.82 bits per heavy atom. The predicted molar refractivity (Wildman–Crippen MR) is 72.1 cm³/mol. The zero-order valence-electron chi connectivity index (χ0n) is 10.1. The highest BCUT2D eigenvalue weighted by molar-refractivity contribution is 7.92. The summed E-state index contributed by atoms with van der Waals surface area (Å²) in [5, 5.41) is -0.375.